The molecule has 1 rings (SSSR count). The maximum absolute atomic E-state index is 11.3. The van der Waals surface area contributed by atoms with E-state index in [1.165, 1.54) is 83.5 Å². The van der Waals surface area contributed by atoms with Crippen LogP contribution >= 0.6 is 0 Å². The highest BCUT2D eigenvalue weighted by Crippen LogP contribution is 2.22. The third-order valence-electron chi connectivity index (χ3n) is 5.51. The summed E-state index contributed by atoms with van der Waals surface area (Å²) in [6, 6.07) is 0. The van der Waals surface area contributed by atoms with Crippen LogP contribution in [0.4, 0.5) is 0 Å². The van der Waals surface area contributed by atoms with Crippen LogP contribution in [-0.2, 0) is 14.3 Å². The second kappa shape index (κ2) is 14.3. The van der Waals surface area contributed by atoms with Crippen molar-refractivity contribution in [1.82, 2.24) is 0 Å². The first-order chi connectivity index (χ1) is 12.1. The van der Waals surface area contributed by atoms with E-state index in [4.69, 9.17) is 0 Å². The highest BCUT2D eigenvalue weighted by molar-refractivity contribution is 5.94. The van der Waals surface area contributed by atoms with E-state index in [0.717, 1.165) is 18.8 Å². The Hall–Kier alpha value is -0.860. The molecule has 0 N–H and O–H groups in total. The molecule has 3 nitrogen and oxygen atoms in total. The van der Waals surface area contributed by atoms with Crippen molar-refractivity contribution in [2.75, 3.05) is 0 Å². The molecular formula is C22H40O3. The van der Waals surface area contributed by atoms with Crippen LogP contribution in [0.2, 0.25) is 0 Å². The lowest BCUT2D eigenvalue weighted by Crippen LogP contribution is -2.06. The number of cyclic esters (lactones) is 2. The van der Waals surface area contributed by atoms with E-state index in [2.05, 4.69) is 18.6 Å². The zero-order chi connectivity index (χ0) is 18.3. The number of unbranched alkanes of at least 4 members (excludes halogenated alkanes) is 10. The lowest BCUT2D eigenvalue weighted by Gasteiger charge is -2.10. The zero-order valence-electron chi connectivity index (χ0n) is 16.7. The Morgan fingerprint density at radius 2 is 1.36 bits per heavy atom. The maximum atomic E-state index is 11.3. The predicted molar refractivity (Wildman–Crippen MR) is 103 cm³/mol. The Morgan fingerprint density at radius 1 is 0.840 bits per heavy atom. The average molecular weight is 353 g/mol. The highest BCUT2D eigenvalue weighted by atomic mass is 16.6. The van der Waals surface area contributed by atoms with Gasteiger partial charge in [-0.15, -0.1) is 0 Å². The molecule has 0 saturated carbocycles. The number of hydrogen-bond donors (Lipinski definition) is 0. The first-order valence-corrected chi connectivity index (χ1v) is 10.9. The maximum Gasteiger partial charge on any atom is 0.317 e. The summed E-state index contributed by atoms with van der Waals surface area (Å²) >= 11 is 0. The monoisotopic (exact) mass is 352 g/mol. The SMILES string of the molecule is CCCCC(C)CCCCCCCCCCCCC1CC(=O)OC1=O. The van der Waals surface area contributed by atoms with Crippen molar-refractivity contribution in [2.24, 2.45) is 11.8 Å². The lowest BCUT2D eigenvalue weighted by molar-refractivity contribution is -0.153. The van der Waals surface area contributed by atoms with Gasteiger partial charge in [0.25, 0.3) is 0 Å². The number of carbonyl (C=O) groups is 2. The quantitative estimate of drug-likeness (QED) is 0.179. The van der Waals surface area contributed by atoms with Crippen LogP contribution in [0, 0.1) is 11.8 Å². The fourth-order valence-electron chi connectivity index (χ4n) is 3.74. The normalized spacial score (nSPS) is 18.6. The minimum Gasteiger partial charge on any atom is -0.393 e. The summed E-state index contributed by atoms with van der Waals surface area (Å²) in [5.41, 5.74) is 0. The van der Waals surface area contributed by atoms with Gasteiger partial charge < -0.3 is 4.74 Å². The van der Waals surface area contributed by atoms with E-state index >= 15 is 0 Å². The first kappa shape index (κ1) is 22.2. The molecule has 1 aliphatic rings. The second-order valence-corrected chi connectivity index (χ2v) is 8.05. The molecule has 1 saturated heterocycles. The van der Waals surface area contributed by atoms with E-state index in [1.54, 1.807) is 0 Å². The molecule has 1 fully saturated rings. The minimum atomic E-state index is -0.342. The van der Waals surface area contributed by atoms with E-state index < -0.39 is 0 Å². The number of esters is 2. The summed E-state index contributed by atoms with van der Waals surface area (Å²) < 4.78 is 4.58. The zero-order valence-corrected chi connectivity index (χ0v) is 16.7. The fraction of sp³-hybridized carbons (Fsp3) is 0.909. The Balaban J connectivity index is 1.77. The summed E-state index contributed by atoms with van der Waals surface area (Å²) in [5.74, 6) is 0.122. The molecule has 0 aromatic rings. The smallest absolute Gasteiger partial charge is 0.317 e. The van der Waals surface area contributed by atoms with Crippen molar-refractivity contribution >= 4 is 11.9 Å². The van der Waals surface area contributed by atoms with Crippen molar-refractivity contribution < 1.29 is 14.3 Å². The fourth-order valence-corrected chi connectivity index (χ4v) is 3.74. The van der Waals surface area contributed by atoms with E-state index in [1.807, 2.05) is 0 Å². The molecule has 0 aromatic carbocycles. The van der Waals surface area contributed by atoms with Crippen LogP contribution in [0.3, 0.4) is 0 Å². The van der Waals surface area contributed by atoms with Crippen LogP contribution in [0.1, 0.15) is 117 Å². The van der Waals surface area contributed by atoms with E-state index in [9.17, 15) is 9.59 Å². The predicted octanol–water partition coefficient (Wildman–Crippen LogP) is 6.58. The van der Waals surface area contributed by atoms with Gasteiger partial charge in [0.2, 0.25) is 0 Å². The largest absolute Gasteiger partial charge is 0.393 e. The minimum absolute atomic E-state index is 0.155. The number of rotatable bonds is 16. The van der Waals surface area contributed by atoms with Gasteiger partial charge in [-0.3, -0.25) is 9.59 Å². The highest BCUT2D eigenvalue weighted by Gasteiger charge is 2.32. The lowest BCUT2D eigenvalue weighted by atomic mass is 9.96. The van der Waals surface area contributed by atoms with Crippen molar-refractivity contribution in [3.05, 3.63) is 0 Å². The molecule has 25 heavy (non-hydrogen) atoms. The standard InChI is InChI=1S/C22H40O3/c1-3-4-15-19(2)16-13-11-9-7-5-6-8-10-12-14-17-20-18-21(23)25-22(20)24/h19-20H,3-18H2,1-2H3. The van der Waals surface area contributed by atoms with Crippen LogP contribution < -0.4 is 0 Å². The van der Waals surface area contributed by atoms with Gasteiger partial charge in [0, 0.05) is 0 Å². The molecule has 1 aliphatic heterocycles. The number of carbonyl (C=O) groups excluding carboxylic acids is 2. The van der Waals surface area contributed by atoms with Gasteiger partial charge >= 0.3 is 11.9 Å². The van der Waals surface area contributed by atoms with Gasteiger partial charge in [-0.25, -0.2) is 0 Å². The topological polar surface area (TPSA) is 43.4 Å². The van der Waals surface area contributed by atoms with Gasteiger partial charge in [0.05, 0.1) is 12.3 Å². The first-order valence-electron chi connectivity index (χ1n) is 10.9. The Morgan fingerprint density at radius 3 is 1.88 bits per heavy atom. The van der Waals surface area contributed by atoms with E-state index in [0.29, 0.717) is 6.42 Å². The molecular weight excluding hydrogens is 312 g/mol. The van der Waals surface area contributed by atoms with Crippen LogP contribution in [0.15, 0.2) is 0 Å². The summed E-state index contributed by atoms with van der Waals surface area (Å²) in [5, 5.41) is 0. The average Bonchev–Trinajstić information content (AvgIpc) is 2.91. The molecule has 0 spiro atoms. The van der Waals surface area contributed by atoms with Crippen molar-refractivity contribution in [3.8, 4) is 0 Å². The summed E-state index contributed by atoms with van der Waals surface area (Å²) in [6.45, 7) is 4.68. The van der Waals surface area contributed by atoms with Crippen molar-refractivity contribution in [2.45, 2.75) is 117 Å². The van der Waals surface area contributed by atoms with Gasteiger partial charge in [0.1, 0.15) is 0 Å². The number of ether oxygens (including phenoxy) is 1. The summed E-state index contributed by atoms with van der Waals surface area (Å²) in [4.78, 5) is 22.3. The van der Waals surface area contributed by atoms with Crippen LogP contribution in [-0.4, -0.2) is 11.9 Å². The third kappa shape index (κ3) is 11.4. The summed E-state index contributed by atoms with van der Waals surface area (Å²) in [6.07, 6.45) is 19.8. The molecule has 0 aliphatic carbocycles. The molecule has 1 heterocycles. The molecule has 0 radical (unpaired) electrons. The molecule has 0 amide bonds. The van der Waals surface area contributed by atoms with Gasteiger partial charge in [0.15, 0.2) is 0 Å². The molecule has 2 unspecified atom stereocenters. The Kier molecular flexibility index (Phi) is 12.7. The molecule has 146 valence electrons. The molecule has 3 heteroatoms. The Bertz CT molecular complexity index is 364. The number of hydrogen-bond acceptors (Lipinski definition) is 3. The van der Waals surface area contributed by atoms with Gasteiger partial charge in [-0.2, -0.15) is 0 Å². The van der Waals surface area contributed by atoms with Crippen molar-refractivity contribution in [3.63, 3.8) is 0 Å². The molecule has 2 atom stereocenters. The van der Waals surface area contributed by atoms with E-state index in [-0.39, 0.29) is 17.9 Å². The second-order valence-electron chi connectivity index (χ2n) is 8.05. The third-order valence-corrected chi connectivity index (χ3v) is 5.51. The van der Waals surface area contributed by atoms with Crippen LogP contribution in [0.5, 0.6) is 0 Å². The van der Waals surface area contributed by atoms with Crippen LogP contribution in [0.25, 0.3) is 0 Å². The van der Waals surface area contributed by atoms with Gasteiger partial charge in [-0.05, 0) is 12.3 Å². The van der Waals surface area contributed by atoms with Crippen molar-refractivity contribution in [1.29, 1.82) is 0 Å². The summed E-state index contributed by atoms with van der Waals surface area (Å²) in [7, 11) is 0. The Labute approximate surface area is 155 Å². The molecule has 0 aromatic heterocycles. The van der Waals surface area contributed by atoms with Gasteiger partial charge in [-0.1, -0.05) is 104 Å². The molecule has 0 bridgehead atoms.